The number of nitrogens with one attached hydrogen (secondary N) is 2. The van der Waals surface area contributed by atoms with Gasteiger partial charge in [0.1, 0.15) is 6.10 Å². The van der Waals surface area contributed by atoms with Gasteiger partial charge >= 0.3 is 18.4 Å². The van der Waals surface area contributed by atoms with Crippen molar-refractivity contribution in [1.29, 1.82) is 0 Å². The average molecular weight is 803 g/mol. The first-order valence-electron chi connectivity index (χ1n) is 17.2. The molecule has 0 radical (unpaired) electrons. The van der Waals surface area contributed by atoms with Crippen LogP contribution in [0.25, 0.3) is 22.3 Å². The van der Waals surface area contributed by atoms with Gasteiger partial charge in [0.2, 0.25) is 17.8 Å². The monoisotopic (exact) mass is 802 g/mol. The highest BCUT2D eigenvalue weighted by Gasteiger charge is 2.44. The number of hydrazine groups is 1. The van der Waals surface area contributed by atoms with Gasteiger partial charge in [-0.15, -0.1) is 5.10 Å². The number of aromatic nitrogens is 3. The van der Waals surface area contributed by atoms with E-state index < -0.39 is 53.2 Å². The van der Waals surface area contributed by atoms with Crippen LogP contribution in [0.15, 0.2) is 60.0 Å². The number of ether oxygens (including phenoxy) is 3. The number of nitrogens with two attached hydrogens (primary N) is 2. The minimum absolute atomic E-state index is 0.0133. The number of anilines is 1. The molecule has 2 amide bonds. The van der Waals surface area contributed by atoms with E-state index in [2.05, 4.69) is 25.8 Å². The highest BCUT2D eigenvalue weighted by atomic mass is 19.4. The summed E-state index contributed by atoms with van der Waals surface area (Å²) in [5.74, 6) is 10.3. The Morgan fingerprint density at radius 2 is 1.67 bits per heavy atom. The van der Waals surface area contributed by atoms with Gasteiger partial charge in [-0.25, -0.2) is 25.6 Å². The van der Waals surface area contributed by atoms with Crippen molar-refractivity contribution in [1.82, 2.24) is 30.6 Å². The van der Waals surface area contributed by atoms with Crippen LogP contribution in [-0.2, 0) is 28.4 Å². The molecule has 2 aliphatic rings. The number of carbonyl (C=O) groups excluding carboxylic acids is 2. The van der Waals surface area contributed by atoms with Gasteiger partial charge in [0.25, 0.3) is 5.91 Å². The predicted molar refractivity (Wildman–Crippen MR) is 192 cm³/mol. The number of cyclic esters (lactones) is 1. The van der Waals surface area contributed by atoms with Gasteiger partial charge in [-0.05, 0) is 66.9 Å². The fourth-order valence-electron chi connectivity index (χ4n) is 6.50. The van der Waals surface area contributed by atoms with Crippen LogP contribution >= 0.6 is 0 Å². The first kappa shape index (κ1) is 40.4. The second kappa shape index (κ2) is 16.1. The summed E-state index contributed by atoms with van der Waals surface area (Å²) in [7, 11) is 1.40. The lowest BCUT2D eigenvalue weighted by Crippen LogP contribution is -2.45. The second-order valence-corrected chi connectivity index (χ2v) is 13.0. The lowest BCUT2D eigenvalue weighted by molar-refractivity contribution is -0.143. The van der Waals surface area contributed by atoms with Crippen LogP contribution in [0.3, 0.4) is 0 Å². The number of methoxy groups -OCH3 is 1. The molecule has 302 valence electrons. The zero-order valence-electron chi connectivity index (χ0n) is 30.5. The van der Waals surface area contributed by atoms with E-state index in [0.717, 1.165) is 0 Å². The summed E-state index contributed by atoms with van der Waals surface area (Å²) in [6.07, 6.45) is -9.60. The van der Waals surface area contributed by atoms with Crippen molar-refractivity contribution in [3.8, 4) is 28.1 Å². The third-order valence-corrected chi connectivity index (χ3v) is 9.43. The predicted octanol–water partition coefficient (Wildman–Crippen LogP) is 4.90. The normalized spacial score (nSPS) is 17.7. The molecule has 15 nitrogen and oxygen atoms in total. The van der Waals surface area contributed by atoms with E-state index in [1.54, 1.807) is 37.4 Å². The van der Waals surface area contributed by atoms with Gasteiger partial charge in [-0.2, -0.15) is 26.3 Å². The van der Waals surface area contributed by atoms with E-state index in [-0.39, 0.29) is 35.7 Å². The van der Waals surface area contributed by atoms with Crippen molar-refractivity contribution in [2.45, 2.75) is 44.9 Å². The minimum Gasteiger partial charge on any atom is -0.481 e. The lowest BCUT2D eigenvalue weighted by Gasteiger charge is -2.28. The molecule has 2 aromatic heterocycles. The molecule has 6 rings (SSSR count). The van der Waals surface area contributed by atoms with Crippen LogP contribution in [0, 0.1) is 6.92 Å². The zero-order valence-corrected chi connectivity index (χ0v) is 30.5. The Bertz CT molecular complexity index is 2160. The Morgan fingerprint density at radius 1 is 0.982 bits per heavy atom. The molecule has 0 aliphatic carbocycles. The van der Waals surface area contributed by atoms with Gasteiger partial charge in [0.05, 0.1) is 49.7 Å². The fourth-order valence-corrected chi connectivity index (χ4v) is 6.50. The summed E-state index contributed by atoms with van der Waals surface area (Å²) < 4.78 is 99.0. The number of morpholine rings is 1. The Balaban J connectivity index is 1.39. The van der Waals surface area contributed by atoms with Crippen LogP contribution in [0.4, 0.5) is 37.1 Å². The van der Waals surface area contributed by atoms with Crippen molar-refractivity contribution in [2.75, 3.05) is 38.3 Å². The summed E-state index contributed by atoms with van der Waals surface area (Å²) in [5, 5.41) is 5.77. The molecule has 21 heteroatoms. The molecule has 2 fully saturated rings. The molecule has 4 aromatic rings. The van der Waals surface area contributed by atoms with Gasteiger partial charge in [0.15, 0.2) is 0 Å². The van der Waals surface area contributed by atoms with E-state index in [1.807, 2.05) is 4.90 Å². The number of carbonyl (C=O) groups is 2. The topological polar surface area (TPSA) is 195 Å². The molecule has 6 N–H and O–H groups in total. The molecule has 57 heavy (non-hydrogen) atoms. The number of amides is 2. The molecule has 0 spiro atoms. The van der Waals surface area contributed by atoms with Crippen LogP contribution in [-0.4, -0.2) is 77.3 Å². The maximum Gasteiger partial charge on any atom is 0.416 e. The Kier molecular flexibility index (Phi) is 11.4. The van der Waals surface area contributed by atoms with Gasteiger partial charge < -0.3 is 25.0 Å². The standard InChI is InChI=1S/C36H36F6N10O5/c1-18-10-20(30(53)48-32(49-43)50-44)4-5-25(18)22-13-26(31(55-3)45-15-22)27-16-46-33(51-6-8-56-9-7-51)47-28(27)17-52-19(2)29(57-34(52)54)21-11-23(35(37,38)39)14-24(12-21)36(40,41)42/h4-5,10-16,19,29H,6-9,17,43-44H2,1-3H3,(H2,48,49,50,53). The van der Waals surface area contributed by atoms with Gasteiger partial charge in [0, 0.05) is 47.7 Å². The first-order valence-corrected chi connectivity index (χ1v) is 17.2. The third kappa shape index (κ3) is 8.63. The minimum atomic E-state index is -5.10. The van der Waals surface area contributed by atoms with Crippen molar-refractivity contribution >= 4 is 23.9 Å². The first-order chi connectivity index (χ1) is 27.0. The number of benzene rings is 2. The number of alkyl halides is 6. The van der Waals surface area contributed by atoms with Crippen LogP contribution in [0.1, 0.15) is 51.3 Å². The number of hydrogen-bond donors (Lipinski definition) is 4. The molecular formula is C36H36F6N10O5. The fraction of sp³-hybridized carbons (Fsp3) is 0.333. The van der Waals surface area contributed by atoms with E-state index in [0.29, 0.717) is 72.2 Å². The number of nitrogens with zero attached hydrogens (tertiary/aromatic N) is 6. The number of hydrazone groups is 1. The maximum atomic E-state index is 13.7. The number of hydrogen-bond acceptors (Lipinski definition) is 12. The highest BCUT2D eigenvalue weighted by molar-refractivity contribution is 6.05. The summed E-state index contributed by atoms with van der Waals surface area (Å²) in [6, 6.07) is 6.70. The van der Waals surface area contributed by atoms with Gasteiger partial charge in [-0.3, -0.25) is 20.4 Å². The number of aryl methyl sites for hydroxylation is 1. The number of rotatable bonds is 8. The van der Waals surface area contributed by atoms with Crippen molar-refractivity contribution in [2.24, 2.45) is 16.8 Å². The van der Waals surface area contributed by atoms with E-state index in [4.69, 9.17) is 30.9 Å². The maximum absolute atomic E-state index is 13.7. The number of guanidine groups is 1. The Hall–Kier alpha value is -6.22. The van der Waals surface area contributed by atoms with Crippen LogP contribution < -0.4 is 32.1 Å². The molecule has 2 aliphatic heterocycles. The Labute approximate surface area is 321 Å². The molecule has 0 bridgehead atoms. The Morgan fingerprint density at radius 3 is 2.26 bits per heavy atom. The largest absolute Gasteiger partial charge is 0.481 e. The summed E-state index contributed by atoms with van der Waals surface area (Å²) in [6.45, 7) is 4.66. The molecule has 0 saturated carbocycles. The summed E-state index contributed by atoms with van der Waals surface area (Å²) >= 11 is 0. The molecule has 4 heterocycles. The van der Waals surface area contributed by atoms with Crippen molar-refractivity contribution in [3.05, 3.63) is 88.4 Å². The third-order valence-electron chi connectivity index (χ3n) is 9.43. The van der Waals surface area contributed by atoms with Crippen molar-refractivity contribution < 1.29 is 50.1 Å². The summed E-state index contributed by atoms with van der Waals surface area (Å²) in [5.41, 5.74) is 1.84. The molecular weight excluding hydrogens is 766 g/mol. The van der Waals surface area contributed by atoms with Crippen molar-refractivity contribution in [3.63, 3.8) is 0 Å². The SMILES string of the molecule is COc1ncc(-c2ccc(C(=O)N/C(=N\N)NN)cc2C)cc1-c1cnc(N2CCOCC2)nc1CN1C(=O)OC(c2cc(C(F)(F)F)cc(C(F)(F)F)c2)C1C. The molecule has 2 saturated heterocycles. The second-order valence-electron chi connectivity index (χ2n) is 13.0. The van der Waals surface area contributed by atoms with Crippen LogP contribution in [0.5, 0.6) is 5.88 Å². The van der Waals surface area contributed by atoms with Gasteiger partial charge in [-0.1, -0.05) is 6.07 Å². The van der Waals surface area contributed by atoms with Crippen LogP contribution in [0.2, 0.25) is 0 Å². The van der Waals surface area contributed by atoms with E-state index >= 15 is 0 Å². The quantitative estimate of drug-likeness (QED) is 0.0620. The lowest BCUT2D eigenvalue weighted by atomic mass is 9.96. The number of pyridine rings is 1. The smallest absolute Gasteiger partial charge is 0.416 e. The number of halogens is 6. The zero-order chi connectivity index (χ0) is 41.2. The van der Waals surface area contributed by atoms with E-state index in [9.17, 15) is 35.9 Å². The molecule has 2 aromatic carbocycles. The summed E-state index contributed by atoms with van der Waals surface area (Å²) in [4.78, 5) is 43.1. The van der Waals surface area contributed by atoms with E-state index in [1.165, 1.54) is 25.1 Å². The average Bonchev–Trinajstić information content (AvgIpc) is 3.47. The highest BCUT2D eigenvalue weighted by Crippen LogP contribution is 2.42. The molecule has 2 atom stereocenters. The molecule has 2 unspecified atom stereocenters.